The minimum atomic E-state index is -0.432. The second-order valence-electron chi connectivity index (χ2n) is 4.89. The van der Waals surface area contributed by atoms with Gasteiger partial charge in [0.15, 0.2) is 11.5 Å². The first-order valence-electron chi connectivity index (χ1n) is 7.29. The predicted molar refractivity (Wildman–Crippen MR) is 92.4 cm³/mol. The zero-order valence-corrected chi connectivity index (χ0v) is 14.2. The van der Waals surface area contributed by atoms with E-state index in [0.29, 0.717) is 22.6 Å². The van der Waals surface area contributed by atoms with E-state index < -0.39 is 5.97 Å². The van der Waals surface area contributed by atoms with Crippen molar-refractivity contribution in [2.45, 2.75) is 0 Å². The Bertz CT molecular complexity index is 732. The monoisotopic (exact) mass is 328 g/mol. The zero-order chi connectivity index (χ0) is 17.5. The summed E-state index contributed by atoms with van der Waals surface area (Å²) in [5, 5.41) is 0. The Labute approximate surface area is 141 Å². The summed E-state index contributed by atoms with van der Waals surface area (Å²) >= 11 is 0. The average Bonchev–Trinajstić information content (AvgIpc) is 2.65. The summed E-state index contributed by atoms with van der Waals surface area (Å²) in [6.07, 6.45) is 1.76. The van der Waals surface area contributed by atoms with Crippen molar-refractivity contribution in [3.05, 3.63) is 53.6 Å². The molecule has 0 heterocycles. The van der Waals surface area contributed by atoms with Crippen LogP contribution < -0.4 is 14.2 Å². The lowest BCUT2D eigenvalue weighted by atomic mass is 10.0. The van der Waals surface area contributed by atoms with Gasteiger partial charge in [0.1, 0.15) is 5.75 Å². The van der Waals surface area contributed by atoms with Gasteiger partial charge in [-0.1, -0.05) is 18.2 Å². The molecule has 0 radical (unpaired) electrons. The molecule has 5 heteroatoms. The van der Waals surface area contributed by atoms with Crippen LogP contribution in [-0.4, -0.2) is 34.4 Å². The predicted octanol–water partition coefficient (Wildman–Crippen LogP) is 3.43. The van der Waals surface area contributed by atoms with E-state index in [9.17, 15) is 4.79 Å². The smallest absolute Gasteiger partial charge is 0.338 e. The summed E-state index contributed by atoms with van der Waals surface area (Å²) < 4.78 is 20.6. The van der Waals surface area contributed by atoms with Crippen molar-refractivity contribution < 1.29 is 23.7 Å². The molecular weight excluding hydrogens is 308 g/mol. The van der Waals surface area contributed by atoms with Gasteiger partial charge in [0.25, 0.3) is 0 Å². The van der Waals surface area contributed by atoms with Crippen molar-refractivity contribution in [3.8, 4) is 17.2 Å². The molecule has 2 aromatic carbocycles. The Morgan fingerprint density at radius 1 is 0.833 bits per heavy atom. The highest BCUT2D eigenvalue weighted by atomic mass is 16.5. The van der Waals surface area contributed by atoms with Crippen LogP contribution in [0, 0.1) is 0 Å². The number of ether oxygens (including phenoxy) is 4. The third-order valence-electron chi connectivity index (χ3n) is 3.53. The van der Waals surface area contributed by atoms with E-state index in [1.54, 1.807) is 45.6 Å². The lowest BCUT2D eigenvalue weighted by molar-refractivity contribution is -0.133. The number of carbonyl (C=O) groups is 1. The summed E-state index contributed by atoms with van der Waals surface area (Å²) in [4.78, 5) is 12.2. The number of benzene rings is 2. The summed E-state index contributed by atoms with van der Waals surface area (Å²) in [7, 11) is 6.07. The molecule has 0 amide bonds. The molecule has 2 rings (SSSR count). The molecule has 0 aliphatic carbocycles. The molecule has 0 bridgehead atoms. The molecule has 0 aliphatic heterocycles. The van der Waals surface area contributed by atoms with Crippen LogP contribution in [-0.2, 0) is 9.53 Å². The van der Waals surface area contributed by atoms with E-state index in [1.165, 1.54) is 7.11 Å². The van der Waals surface area contributed by atoms with Gasteiger partial charge in [-0.3, -0.25) is 0 Å². The molecule has 0 saturated heterocycles. The standard InChI is InChI=1S/C19H20O5/c1-21-15-8-5-13(6-9-15)11-16(19(20)24-4)14-7-10-17(22-2)18(12-14)23-3/h5-12H,1-4H3/b16-11-. The molecule has 0 atom stereocenters. The zero-order valence-electron chi connectivity index (χ0n) is 14.2. The van der Waals surface area contributed by atoms with E-state index in [-0.39, 0.29) is 0 Å². The van der Waals surface area contributed by atoms with Gasteiger partial charge >= 0.3 is 5.97 Å². The molecule has 0 fully saturated rings. The maximum atomic E-state index is 12.2. The van der Waals surface area contributed by atoms with Gasteiger partial charge in [0.2, 0.25) is 0 Å². The molecule has 126 valence electrons. The van der Waals surface area contributed by atoms with Crippen LogP contribution in [0.4, 0.5) is 0 Å². The Morgan fingerprint density at radius 3 is 2.04 bits per heavy atom. The molecule has 24 heavy (non-hydrogen) atoms. The van der Waals surface area contributed by atoms with Crippen molar-refractivity contribution in [2.24, 2.45) is 0 Å². The van der Waals surface area contributed by atoms with Crippen LogP contribution in [0.1, 0.15) is 11.1 Å². The second-order valence-corrected chi connectivity index (χ2v) is 4.89. The SMILES string of the molecule is COC(=O)/C(=C\c1ccc(OC)cc1)c1ccc(OC)c(OC)c1. The van der Waals surface area contributed by atoms with Crippen LogP contribution in [0.3, 0.4) is 0 Å². The normalized spacial score (nSPS) is 10.9. The van der Waals surface area contributed by atoms with Gasteiger partial charge in [-0.05, 0) is 41.5 Å². The maximum absolute atomic E-state index is 12.2. The fourth-order valence-corrected chi connectivity index (χ4v) is 2.24. The largest absolute Gasteiger partial charge is 0.497 e. The molecule has 2 aromatic rings. The van der Waals surface area contributed by atoms with Crippen molar-refractivity contribution in [1.82, 2.24) is 0 Å². The molecule has 0 aliphatic rings. The van der Waals surface area contributed by atoms with E-state index >= 15 is 0 Å². The van der Waals surface area contributed by atoms with Crippen molar-refractivity contribution >= 4 is 17.6 Å². The maximum Gasteiger partial charge on any atom is 0.338 e. The van der Waals surface area contributed by atoms with Gasteiger partial charge in [0.05, 0.1) is 34.0 Å². The van der Waals surface area contributed by atoms with Crippen LogP contribution in [0.5, 0.6) is 17.2 Å². The van der Waals surface area contributed by atoms with Crippen LogP contribution in [0.2, 0.25) is 0 Å². The number of hydrogen-bond acceptors (Lipinski definition) is 5. The first-order chi connectivity index (χ1) is 11.6. The van der Waals surface area contributed by atoms with E-state index in [4.69, 9.17) is 18.9 Å². The molecule has 0 saturated carbocycles. The highest BCUT2D eigenvalue weighted by Gasteiger charge is 2.15. The molecule has 0 unspecified atom stereocenters. The van der Waals surface area contributed by atoms with Crippen LogP contribution >= 0.6 is 0 Å². The summed E-state index contributed by atoms with van der Waals surface area (Å²) in [5.41, 5.74) is 1.95. The minimum absolute atomic E-state index is 0.420. The summed E-state index contributed by atoms with van der Waals surface area (Å²) in [5.74, 6) is 1.45. The third kappa shape index (κ3) is 3.87. The van der Waals surface area contributed by atoms with Gasteiger partial charge in [-0.2, -0.15) is 0 Å². The van der Waals surface area contributed by atoms with E-state index in [2.05, 4.69) is 0 Å². The molecule has 0 spiro atoms. The summed E-state index contributed by atoms with van der Waals surface area (Å²) in [6.45, 7) is 0. The molecule has 5 nitrogen and oxygen atoms in total. The van der Waals surface area contributed by atoms with Gasteiger partial charge in [-0.25, -0.2) is 4.79 Å². The minimum Gasteiger partial charge on any atom is -0.497 e. The number of hydrogen-bond donors (Lipinski definition) is 0. The second kappa shape index (κ2) is 8.06. The van der Waals surface area contributed by atoms with Crippen LogP contribution in [0.25, 0.3) is 11.6 Å². The lowest BCUT2D eigenvalue weighted by Crippen LogP contribution is -2.04. The lowest BCUT2D eigenvalue weighted by Gasteiger charge is -2.11. The number of rotatable bonds is 6. The third-order valence-corrected chi connectivity index (χ3v) is 3.53. The Morgan fingerprint density at radius 2 is 1.50 bits per heavy atom. The first-order valence-corrected chi connectivity index (χ1v) is 7.29. The number of carbonyl (C=O) groups excluding carboxylic acids is 1. The van der Waals surface area contributed by atoms with Gasteiger partial charge in [-0.15, -0.1) is 0 Å². The fraction of sp³-hybridized carbons (Fsp3) is 0.211. The Hall–Kier alpha value is -2.95. The van der Waals surface area contributed by atoms with E-state index in [0.717, 1.165) is 11.3 Å². The molecule has 0 aromatic heterocycles. The van der Waals surface area contributed by atoms with Crippen molar-refractivity contribution in [3.63, 3.8) is 0 Å². The average molecular weight is 328 g/mol. The highest BCUT2D eigenvalue weighted by molar-refractivity contribution is 6.21. The van der Waals surface area contributed by atoms with Crippen molar-refractivity contribution in [1.29, 1.82) is 0 Å². The summed E-state index contributed by atoms with van der Waals surface area (Å²) in [6, 6.07) is 12.7. The quantitative estimate of drug-likeness (QED) is 0.462. The Kier molecular flexibility index (Phi) is 5.84. The number of esters is 1. The first kappa shape index (κ1) is 17.4. The number of methoxy groups -OCH3 is 4. The van der Waals surface area contributed by atoms with Gasteiger partial charge < -0.3 is 18.9 Å². The van der Waals surface area contributed by atoms with Crippen LogP contribution in [0.15, 0.2) is 42.5 Å². The fourth-order valence-electron chi connectivity index (χ4n) is 2.24. The van der Waals surface area contributed by atoms with Gasteiger partial charge in [0, 0.05) is 0 Å². The Balaban J connectivity index is 2.48. The van der Waals surface area contributed by atoms with Crippen molar-refractivity contribution in [2.75, 3.05) is 28.4 Å². The molecule has 0 N–H and O–H groups in total. The molecular formula is C19H20O5. The topological polar surface area (TPSA) is 54.0 Å². The highest BCUT2D eigenvalue weighted by Crippen LogP contribution is 2.31. The van der Waals surface area contributed by atoms with E-state index in [1.807, 2.05) is 24.3 Å².